The quantitative estimate of drug-likeness (QED) is 0.187. The minimum atomic E-state index is -11.7. The summed E-state index contributed by atoms with van der Waals surface area (Å²) in [5.74, 6) is -178. The van der Waals surface area contributed by atoms with Gasteiger partial charge in [-0.2, -0.15) is 158 Å². The Bertz CT molecular complexity index is 1480. The van der Waals surface area contributed by atoms with Crippen LogP contribution in [0.3, 0.4) is 0 Å². The summed E-state index contributed by atoms with van der Waals surface area (Å²) in [6.07, 6.45) is 0. The van der Waals surface area contributed by atoms with Gasteiger partial charge in [0.1, 0.15) is 0 Å². The molecule has 0 spiro atoms. The molecular formula is C19F37N. The molecule has 1 heterocycles. The number of nitrogens with zero attached hydrogens (tertiary/aromatic N) is 1. The SMILES string of the molecule is FC1(F)N(C2(F)C(F)(F)C(F)(F)C(F)(F)C(F)(F)C(F)(F)C(F)(F)C(F)(F)C(F)(F)C2(F)F)C(F)(F)C(F)(F)C(F)(F)C(F)(F)C(F)(F)C(F)(F)C(F)(F)C1(F)F. The Kier molecular flexibility index (Phi) is 9.92. The molecule has 0 amide bonds. The summed E-state index contributed by atoms with van der Waals surface area (Å²) in [7, 11) is 0. The molecule has 1 saturated heterocycles. The zero-order valence-corrected chi connectivity index (χ0v) is 23.9. The van der Waals surface area contributed by atoms with Crippen LogP contribution in [0, 0.1) is 0 Å². The van der Waals surface area contributed by atoms with Gasteiger partial charge in [0, 0.05) is 0 Å². The fourth-order valence-electron chi connectivity index (χ4n) is 4.48. The van der Waals surface area contributed by atoms with Crippen LogP contribution in [0.2, 0.25) is 0 Å². The summed E-state index contributed by atoms with van der Waals surface area (Å²) in [6, 6.07) is -22.0. The first-order valence-electron chi connectivity index (χ1n) is 12.2. The number of hydrogen-bond acceptors (Lipinski definition) is 1. The third kappa shape index (κ3) is 4.48. The first-order chi connectivity index (χ1) is 23.9. The van der Waals surface area contributed by atoms with Gasteiger partial charge >= 0.3 is 113 Å². The minimum Gasteiger partial charge on any atom is -0.212 e. The van der Waals surface area contributed by atoms with Crippen molar-refractivity contribution in [3.63, 3.8) is 0 Å². The molecule has 2 rings (SSSR count). The van der Waals surface area contributed by atoms with Crippen LogP contribution in [0.1, 0.15) is 0 Å². The third-order valence-corrected chi connectivity index (χ3v) is 7.98. The number of hydrogen-bond donors (Lipinski definition) is 0. The first-order valence-corrected chi connectivity index (χ1v) is 12.2. The van der Waals surface area contributed by atoms with Crippen LogP contribution in [0.4, 0.5) is 162 Å². The lowest BCUT2D eigenvalue weighted by molar-refractivity contribution is -0.558. The molecule has 1 aliphatic carbocycles. The highest BCUT2D eigenvalue weighted by atomic mass is 19.4. The maximum Gasteiger partial charge on any atom is 0.393 e. The molecule has 0 aromatic heterocycles. The summed E-state index contributed by atoms with van der Waals surface area (Å²) >= 11 is 0. The Labute approximate surface area is 281 Å². The van der Waals surface area contributed by atoms with Gasteiger partial charge in [-0.1, -0.05) is 0 Å². The first kappa shape index (κ1) is 50.5. The molecule has 0 atom stereocenters. The smallest absolute Gasteiger partial charge is 0.212 e. The predicted octanol–water partition coefficient (Wildman–Crippen LogP) is 11.3. The molecule has 2 aliphatic rings. The van der Waals surface area contributed by atoms with Crippen molar-refractivity contribution in [3.8, 4) is 0 Å². The average molecular weight is 945 g/mol. The van der Waals surface area contributed by atoms with E-state index < -0.39 is 118 Å². The van der Waals surface area contributed by atoms with Crippen LogP contribution < -0.4 is 0 Å². The lowest BCUT2D eigenvalue weighted by atomic mass is 9.76. The molecule has 1 aliphatic heterocycles. The standard InChI is InChI=1S/C19F37N/c20-1(21)2(22,23)5(28,29)9(36,37)13(44,45)17(52,14(46,47)10(38,39)6(30,31)3(1,24)25)57-18(53,54)15(48,49)11(40,41)7(32,33)4(26,27)8(34,35)12(42,43)16(50,51)19(57,55)56. The molecule has 0 bridgehead atoms. The highest BCUT2D eigenvalue weighted by molar-refractivity contribution is 5.29. The van der Waals surface area contributed by atoms with Crippen molar-refractivity contribution in [2.45, 2.75) is 113 Å². The van der Waals surface area contributed by atoms with Gasteiger partial charge in [-0.25, -0.2) is 4.39 Å². The van der Waals surface area contributed by atoms with Crippen molar-refractivity contribution in [1.29, 1.82) is 0 Å². The molecule has 0 N–H and O–H groups in total. The van der Waals surface area contributed by atoms with E-state index >= 15 is 4.39 Å². The second-order valence-corrected chi connectivity index (χ2v) is 11.2. The van der Waals surface area contributed by atoms with Crippen LogP contribution in [0.5, 0.6) is 0 Å². The van der Waals surface area contributed by atoms with Crippen LogP contribution in [-0.2, 0) is 0 Å². The van der Waals surface area contributed by atoms with Crippen molar-refractivity contribution in [3.05, 3.63) is 0 Å². The van der Waals surface area contributed by atoms with Gasteiger partial charge in [-0.05, 0) is 0 Å². The highest BCUT2D eigenvalue weighted by Crippen LogP contribution is 2.75. The maximum atomic E-state index is 15.9. The molecule has 38 heteroatoms. The van der Waals surface area contributed by atoms with E-state index in [-0.39, 0.29) is 0 Å². The zero-order valence-electron chi connectivity index (χ0n) is 23.9. The van der Waals surface area contributed by atoms with Gasteiger partial charge in [-0.15, -0.1) is 4.90 Å². The Balaban J connectivity index is 3.79. The number of alkyl halides is 37. The molecule has 0 aromatic rings. The summed E-state index contributed by atoms with van der Waals surface area (Å²) in [5.41, 5.74) is 0. The van der Waals surface area contributed by atoms with Crippen molar-refractivity contribution in [1.82, 2.24) is 4.90 Å². The molecule has 2 fully saturated rings. The van der Waals surface area contributed by atoms with Crippen LogP contribution in [0.15, 0.2) is 0 Å². The van der Waals surface area contributed by atoms with E-state index in [1.807, 2.05) is 0 Å². The molecule has 0 radical (unpaired) electrons. The van der Waals surface area contributed by atoms with Crippen molar-refractivity contribution < 1.29 is 162 Å². The normalized spacial score (nSPS) is 34.9. The monoisotopic (exact) mass is 945 g/mol. The average Bonchev–Trinajstić information content (AvgIpc) is 2.97. The van der Waals surface area contributed by atoms with E-state index in [1.54, 1.807) is 0 Å². The Morgan fingerprint density at radius 1 is 0.140 bits per heavy atom. The van der Waals surface area contributed by atoms with E-state index in [4.69, 9.17) is 0 Å². The van der Waals surface area contributed by atoms with Gasteiger partial charge in [0.2, 0.25) is 0 Å². The topological polar surface area (TPSA) is 3.24 Å². The second kappa shape index (κ2) is 11.2. The third-order valence-electron chi connectivity index (χ3n) is 7.98. The minimum absolute atomic E-state index is 7.23. The van der Waals surface area contributed by atoms with E-state index in [1.165, 1.54) is 0 Å². The number of rotatable bonds is 1. The van der Waals surface area contributed by atoms with Crippen LogP contribution in [0.25, 0.3) is 0 Å². The lowest BCUT2D eigenvalue weighted by Gasteiger charge is -2.58. The molecule has 0 unspecified atom stereocenters. The highest BCUT2D eigenvalue weighted by Gasteiger charge is 3.08. The summed E-state index contributed by atoms with van der Waals surface area (Å²) in [5, 5.41) is 0. The molecule has 1 saturated carbocycles. The molecule has 57 heavy (non-hydrogen) atoms. The number of halogens is 37. The molecule has 1 nitrogen and oxygen atoms in total. The van der Waals surface area contributed by atoms with Gasteiger partial charge in [0.15, 0.2) is 0 Å². The lowest BCUT2D eigenvalue weighted by Crippen LogP contribution is -2.91. The van der Waals surface area contributed by atoms with Crippen LogP contribution >= 0.6 is 0 Å². The van der Waals surface area contributed by atoms with Gasteiger partial charge in [0.25, 0.3) is 0 Å². The van der Waals surface area contributed by atoms with E-state index in [0.29, 0.717) is 0 Å². The zero-order chi connectivity index (χ0) is 47.1. The second-order valence-electron chi connectivity index (χ2n) is 11.2. The van der Waals surface area contributed by atoms with Crippen molar-refractivity contribution >= 4 is 0 Å². The maximum absolute atomic E-state index is 15.9. The van der Waals surface area contributed by atoms with Gasteiger partial charge in [0.05, 0.1) is 0 Å². The van der Waals surface area contributed by atoms with E-state index in [9.17, 15) is 158 Å². The Morgan fingerprint density at radius 3 is 0.386 bits per heavy atom. The largest absolute Gasteiger partial charge is 0.393 e. The fraction of sp³-hybridized carbons (Fsp3) is 1.00. The fourth-order valence-corrected chi connectivity index (χ4v) is 4.48. The van der Waals surface area contributed by atoms with Crippen LogP contribution in [-0.4, -0.2) is 118 Å². The van der Waals surface area contributed by atoms with E-state index in [2.05, 4.69) is 0 Å². The predicted molar refractivity (Wildman–Crippen MR) is 94.7 cm³/mol. The summed E-state index contributed by atoms with van der Waals surface area (Å²) in [4.78, 5) is -7.23. The summed E-state index contributed by atoms with van der Waals surface area (Å²) < 4.78 is 529. The summed E-state index contributed by atoms with van der Waals surface area (Å²) in [6.45, 7) is 0. The molecule has 0 aromatic carbocycles. The molecular weight excluding hydrogens is 945 g/mol. The van der Waals surface area contributed by atoms with Gasteiger partial charge in [-0.3, -0.25) is 0 Å². The Hall–Kier alpha value is -2.63. The van der Waals surface area contributed by atoms with Crippen molar-refractivity contribution in [2.75, 3.05) is 0 Å². The Morgan fingerprint density at radius 2 is 0.246 bits per heavy atom. The van der Waals surface area contributed by atoms with Crippen molar-refractivity contribution in [2.24, 2.45) is 0 Å². The molecule has 340 valence electrons. The van der Waals surface area contributed by atoms with Gasteiger partial charge < -0.3 is 0 Å². The van der Waals surface area contributed by atoms with E-state index in [0.717, 1.165) is 0 Å².